The molecule has 13 nitrogen and oxygen atoms in total. The number of amides is 3. The number of hydrogen-bond acceptors (Lipinski definition) is 9. The number of nitrogens with zero attached hydrogens (tertiary/aromatic N) is 4. The lowest BCUT2D eigenvalue weighted by molar-refractivity contribution is -0.126. The van der Waals surface area contributed by atoms with Crippen LogP contribution in [-0.4, -0.2) is 73.6 Å². The van der Waals surface area contributed by atoms with Crippen molar-refractivity contribution in [1.82, 2.24) is 14.7 Å². The van der Waals surface area contributed by atoms with E-state index in [0.717, 1.165) is 9.21 Å². The number of carbonyl (C=O) groups is 3. The van der Waals surface area contributed by atoms with Gasteiger partial charge < -0.3 is 14.2 Å². The topological polar surface area (TPSA) is 149 Å². The van der Waals surface area contributed by atoms with Gasteiger partial charge in [0.1, 0.15) is 16.7 Å². The monoisotopic (exact) mass is 521 g/mol. The van der Waals surface area contributed by atoms with Crippen LogP contribution in [0, 0.1) is 5.41 Å². The minimum absolute atomic E-state index is 0.0591. The Morgan fingerprint density at radius 2 is 2.03 bits per heavy atom. The molecule has 1 aromatic carbocycles. The number of nitrogens with one attached hydrogen (secondary N) is 1. The third-order valence-electron chi connectivity index (χ3n) is 5.27. The standard InChI is InChI=1S/C22H27N5O8S/c1-22(2,3)13-34-20(29)24-14-5-6-18-17(7-14)27(36(31,32)16-8-23-25(4)11-16)10-15(35-18)9-26-19(28)12-33-21(26)30/h5-8,11,15H,9-10,12-13H2,1-4H3,(H,24,29)/t15-/m0/s1. The highest BCUT2D eigenvalue weighted by atomic mass is 32.2. The zero-order valence-corrected chi connectivity index (χ0v) is 21.1. The lowest BCUT2D eigenvalue weighted by Gasteiger charge is -2.36. The van der Waals surface area contributed by atoms with Crippen molar-refractivity contribution in [1.29, 1.82) is 0 Å². The molecular formula is C22H27N5O8S. The summed E-state index contributed by atoms with van der Waals surface area (Å²) in [6, 6.07) is 4.48. The van der Waals surface area contributed by atoms with Gasteiger partial charge in [0.05, 0.1) is 31.6 Å². The van der Waals surface area contributed by atoms with Crippen LogP contribution in [0.2, 0.25) is 0 Å². The molecule has 0 bridgehead atoms. The molecule has 3 amide bonds. The number of carbonyl (C=O) groups excluding carboxylic acids is 3. The van der Waals surface area contributed by atoms with Crippen LogP contribution in [0.4, 0.5) is 21.0 Å². The second kappa shape index (κ2) is 9.33. The first-order chi connectivity index (χ1) is 16.8. The Labute approximate surface area is 207 Å². The molecule has 0 aliphatic carbocycles. The van der Waals surface area contributed by atoms with Crippen LogP contribution in [0.15, 0.2) is 35.5 Å². The first-order valence-electron chi connectivity index (χ1n) is 11.1. The predicted molar refractivity (Wildman–Crippen MR) is 126 cm³/mol. The van der Waals surface area contributed by atoms with E-state index in [1.54, 1.807) is 7.05 Å². The third kappa shape index (κ3) is 5.37. The molecule has 0 saturated carbocycles. The molecule has 3 heterocycles. The molecule has 1 atom stereocenters. The van der Waals surface area contributed by atoms with Crippen LogP contribution in [0.3, 0.4) is 0 Å². The quantitative estimate of drug-likeness (QED) is 0.602. The predicted octanol–water partition coefficient (Wildman–Crippen LogP) is 1.95. The van der Waals surface area contributed by atoms with E-state index in [4.69, 9.17) is 14.2 Å². The van der Waals surface area contributed by atoms with Gasteiger partial charge >= 0.3 is 12.2 Å². The van der Waals surface area contributed by atoms with Gasteiger partial charge in [0.25, 0.3) is 15.9 Å². The van der Waals surface area contributed by atoms with Crippen LogP contribution < -0.4 is 14.4 Å². The maximum atomic E-state index is 13.6. The number of cyclic esters (lactones) is 1. The molecule has 1 N–H and O–H groups in total. The van der Waals surface area contributed by atoms with Crippen LogP contribution in [0.5, 0.6) is 5.75 Å². The Hall–Kier alpha value is -3.81. The number of imide groups is 1. The zero-order chi connectivity index (χ0) is 26.3. The number of benzene rings is 1. The largest absolute Gasteiger partial charge is 0.484 e. The molecule has 0 spiro atoms. The summed E-state index contributed by atoms with van der Waals surface area (Å²) in [6.07, 6.45) is 0.199. The fourth-order valence-electron chi connectivity index (χ4n) is 3.57. The maximum Gasteiger partial charge on any atom is 0.417 e. The van der Waals surface area contributed by atoms with E-state index < -0.39 is 34.2 Å². The van der Waals surface area contributed by atoms with Gasteiger partial charge in [-0.1, -0.05) is 20.8 Å². The summed E-state index contributed by atoms with van der Waals surface area (Å²) < 4.78 is 45.5. The van der Waals surface area contributed by atoms with E-state index in [9.17, 15) is 22.8 Å². The number of aromatic nitrogens is 2. The van der Waals surface area contributed by atoms with Crippen molar-refractivity contribution in [3.05, 3.63) is 30.6 Å². The maximum absolute atomic E-state index is 13.6. The molecule has 4 rings (SSSR count). The fraction of sp³-hybridized carbons (Fsp3) is 0.455. The normalized spacial score (nSPS) is 17.9. The van der Waals surface area contributed by atoms with E-state index in [2.05, 4.69) is 10.4 Å². The van der Waals surface area contributed by atoms with Crippen molar-refractivity contribution in [3.63, 3.8) is 0 Å². The Bertz CT molecular complexity index is 1280. The van der Waals surface area contributed by atoms with Crippen LogP contribution >= 0.6 is 0 Å². The first-order valence-corrected chi connectivity index (χ1v) is 12.5. The molecular weight excluding hydrogens is 494 g/mol. The van der Waals surface area contributed by atoms with Gasteiger partial charge in [0.2, 0.25) is 0 Å². The third-order valence-corrected chi connectivity index (χ3v) is 7.00. The second-order valence-corrected chi connectivity index (χ2v) is 11.5. The average Bonchev–Trinajstić information content (AvgIpc) is 3.38. The summed E-state index contributed by atoms with van der Waals surface area (Å²) >= 11 is 0. The van der Waals surface area contributed by atoms with Crippen molar-refractivity contribution in [3.8, 4) is 5.75 Å². The average molecular weight is 522 g/mol. The molecule has 194 valence electrons. The molecule has 1 fully saturated rings. The van der Waals surface area contributed by atoms with E-state index in [1.165, 1.54) is 35.3 Å². The summed E-state index contributed by atoms with van der Waals surface area (Å²) in [5.74, 6) is -0.350. The summed E-state index contributed by atoms with van der Waals surface area (Å²) in [7, 11) is -2.53. The smallest absolute Gasteiger partial charge is 0.417 e. The van der Waals surface area contributed by atoms with Crippen molar-refractivity contribution in [2.45, 2.75) is 31.8 Å². The van der Waals surface area contributed by atoms with Gasteiger partial charge in [-0.3, -0.25) is 19.1 Å². The zero-order valence-electron chi connectivity index (χ0n) is 20.3. The molecule has 0 unspecified atom stereocenters. The highest BCUT2D eigenvalue weighted by Crippen LogP contribution is 2.39. The number of ether oxygens (including phenoxy) is 3. The lowest BCUT2D eigenvalue weighted by Crippen LogP contribution is -2.49. The van der Waals surface area contributed by atoms with Crippen molar-refractivity contribution < 1.29 is 37.0 Å². The lowest BCUT2D eigenvalue weighted by atomic mass is 9.99. The van der Waals surface area contributed by atoms with E-state index in [1.807, 2.05) is 20.8 Å². The van der Waals surface area contributed by atoms with Crippen LogP contribution in [0.1, 0.15) is 20.8 Å². The second-order valence-electron chi connectivity index (χ2n) is 9.63. The molecule has 14 heteroatoms. The van der Waals surface area contributed by atoms with Gasteiger partial charge in [0.15, 0.2) is 6.61 Å². The Balaban J connectivity index is 1.64. The number of sulfonamides is 1. The van der Waals surface area contributed by atoms with Gasteiger partial charge in [-0.05, 0) is 23.6 Å². The van der Waals surface area contributed by atoms with Gasteiger partial charge in [-0.15, -0.1) is 0 Å². The molecule has 2 aliphatic heterocycles. The SMILES string of the molecule is Cn1cc(S(=O)(=O)N2C[C@H](CN3C(=O)COC3=O)Oc3ccc(NC(=O)OCC(C)(C)C)cc32)cn1. The number of anilines is 2. The Morgan fingerprint density at radius 3 is 2.64 bits per heavy atom. The summed E-state index contributed by atoms with van der Waals surface area (Å²) in [5.41, 5.74) is 0.229. The van der Waals surface area contributed by atoms with Crippen LogP contribution in [-0.2, 0) is 31.3 Å². The van der Waals surface area contributed by atoms with E-state index in [-0.39, 0.29) is 48.1 Å². The highest BCUT2D eigenvalue weighted by Gasteiger charge is 2.40. The molecule has 2 aliphatic rings. The summed E-state index contributed by atoms with van der Waals surface area (Å²) in [4.78, 5) is 37.0. The number of fused-ring (bicyclic) bond motifs is 1. The molecule has 2 aromatic rings. The van der Waals surface area contributed by atoms with Crippen LogP contribution in [0.25, 0.3) is 0 Å². The number of hydrogen-bond donors (Lipinski definition) is 1. The summed E-state index contributed by atoms with van der Waals surface area (Å²) in [5, 5.41) is 6.54. The highest BCUT2D eigenvalue weighted by molar-refractivity contribution is 7.92. The minimum atomic E-state index is -4.12. The molecule has 36 heavy (non-hydrogen) atoms. The first kappa shape index (κ1) is 25.3. The minimum Gasteiger partial charge on any atom is -0.484 e. The molecule has 0 radical (unpaired) electrons. The fourth-order valence-corrected chi connectivity index (χ4v) is 5.05. The Morgan fingerprint density at radius 1 is 1.28 bits per heavy atom. The molecule has 1 aromatic heterocycles. The Kier molecular flexibility index (Phi) is 6.56. The number of rotatable bonds is 6. The van der Waals surface area contributed by atoms with E-state index >= 15 is 0 Å². The molecule has 1 saturated heterocycles. The van der Waals surface area contributed by atoms with E-state index in [0.29, 0.717) is 5.69 Å². The van der Waals surface area contributed by atoms with Gasteiger partial charge in [0, 0.05) is 18.9 Å². The summed E-state index contributed by atoms with van der Waals surface area (Å²) in [6.45, 7) is 5.17. The van der Waals surface area contributed by atoms with Crippen molar-refractivity contribution in [2.75, 3.05) is 35.9 Å². The van der Waals surface area contributed by atoms with Gasteiger partial charge in [-0.25, -0.2) is 22.9 Å². The van der Waals surface area contributed by atoms with Crippen molar-refractivity contribution in [2.24, 2.45) is 12.5 Å². The number of aryl methyl sites for hydroxylation is 1. The van der Waals surface area contributed by atoms with Crippen molar-refractivity contribution >= 4 is 39.5 Å². The van der Waals surface area contributed by atoms with Gasteiger partial charge in [-0.2, -0.15) is 5.10 Å².